The molecule has 2 amide bonds. The van der Waals surface area contributed by atoms with Gasteiger partial charge >= 0.3 is 5.97 Å². The fourth-order valence-corrected chi connectivity index (χ4v) is 2.55. The van der Waals surface area contributed by atoms with Crippen molar-refractivity contribution in [2.45, 2.75) is 26.2 Å². The minimum atomic E-state index is -0.414. The largest absolute Gasteiger partial charge is 0.466 e. The van der Waals surface area contributed by atoms with Gasteiger partial charge in [-0.05, 0) is 49.0 Å². The van der Waals surface area contributed by atoms with Crippen LogP contribution in [0.25, 0.3) is 0 Å². The highest BCUT2D eigenvalue weighted by Gasteiger charge is 2.10. The van der Waals surface area contributed by atoms with Crippen LogP contribution in [0.2, 0.25) is 0 Å². The molecule has 2 aromatic carbocycles. The highest BCUT2D eigenvalue weighted by molar-refractivity contribution is 7.80. The summed E-state index contributed by atoms with van der Waals surface area (Å²) in [4.78, 5) is 35.5. The summed E-state index contributed by atoms with van der Waals surface area (Å²) in [6.07, 6.45) is 0.712. The van der Waals surface area contributed by atoms with Crippen LogP contribution >= 0.6 is 12.2 Å². The van der Waals surface area contributed by atoms with Crippen LogP contribution in [0.1, 0.15) is 36.5 Å². The summed E-state index contributed by atoms with van der Waals surface area (Å²) in [5.41, 5.74) is 1.73. The van der Waals surface area contributed by atoms with Crippen LogP contribution in [0, 0.1) is 0 Å². The van der Waals surface area contributed by atoms with Gasteiger partial charge in [-0.15, -0.1) is 0 Å². The lowest BCUT2D eigenvalue weighted by molar-refractivity contribution is -0.144. The van der Waals surface area contributed by atoms with E-state index in [9.17, 15) is 14.4 Å². The van der Waals surface area contributed by atoms with E-state index in [2.05, 4.69) is 16.0 Å². The smallest absolute Gasteiger partial charge is 0.306 e. The Bertz CT molecular complexity index is 871. The number of rotatable bonds is 8. The number of hydrogen-bond acceptors (Lipinski definition) is 5. The van der Waals surface area contributed by atoms with Crippen LogP contribution in [-0.4, -0.2) is 29.5 Å². The molecule has 152 valence electrons. The van der Waals surface area contributed by atoms with E-state index in [0.717, 1.165) is 6.42 Å². The van der Waals surface area contributed by atoms with Gasteiger partial charge in [0, 0.05) is 23.4 Å². The lowest BCUT2D eigenvalue weighted by Crippen LogP contribution is -2.34. The van der Waals surface area contributed by atoms with Gasteiger partial charge in [-0.3, -0.25) is 14.4 Å². The average molecular weight is 413 g/mol. The standard InChI is InChI=1S/C21H23N3O4S/c1-2-13-28-19(26)12-11-18(25)24-21(29)23-17-10-6-9-16(14-17)22-20(27)15-7-4-3-5-8-15/h3-10,14H,2,11-13H2,1H3,(H,22,27)(H2,23,24,25,29). The number of amides is 2. The summed E-state index contributed by atoms with van der Waals surface area (Å²) in [6, 6.07) is 15.8. The van der Waals surface area contributed by atoms with Crippen LogP contribution in [0.5, 0.6) is 0 Å². The van der Waals surface area contributed by atoms with Gasteiger partial charge in [-0.1, -0.05) is 31.2 Å². The van der Waals surface area contributed by atoms with E-state index < -0.39 is 5.97 Å². The summed E-state index contributed by atoms with van der Waals surface area (Å²) < 4.78 is 4.92. The first-order valence-corrected chi connectivity index (χ1v) is 9.61. The van der Waals surface area contributed by atoms with Gasteiger partial charge < -0.3 is 20.7 Å². The maximum atomic E-state index is 12.2. The Morgan fingerprint density at radius 2 is 1.62 bits per heavy atom. The monoisotopic (exact) mass is 413 g/mol. The highest BCUT2D eigenvalue weighted by atomic mass is 32.1. The van der Waals surface area contributed by atoms with E-state index in [4.69, 9.17) is 17.0 Å². The molecule has 29 heavy (non-hydrogen) atoms. The lowest BCUT2D eigenvalue weighted by atomic mass is 10.2. The number of nitrogens with one attached hydrogen (secondary N) is 3. The van der Waals surface area contributed by atoms with Crippen LogP contribution in [0.4, 0.5) is 11.4 Å². The topological polar surface area (TPSA) is 96.5 Å². The molecule has 0 radical (unpaired) electrons. The first kappa shape index (κ1) is 22.0. The van der Waals surface area contributed by atoms with Crippen LogP contribution in [-0.2, 0) is 14.3 Å². The van der Waals surface area contributed by atoms with Crippen molar-refractivity contribution in [3.8, 4) is 0 Å². The Balaban J connectivity index is 1.83. The predicted octanol–water partition coefficient (Wildman–Crippen LogP) is 3.49. The van der Waals surface area contributed by atoms with Crippen molar-refractivity contribution in [2.24, 2.45) is 0 Å². The second-order valence-corrected chi connectivity index (χ2v) is 6.53. The summed E-state index contributed by atoms with van der Waals surface area (Å²) in [5, 5.41) is 8.29. The van der Waals surface area contributed by atoms with Crippen molar-refractivity contribution >= 4 is 46.5 Å². The maximum Gasteiger partial charge on any atom is 0.306 e. The van der Waals surface area contributed by atoms with Crippen molar-refractivity contribution in [2.75, 3.05) is 17.2 Å². The molecule has 0 spiro atoms. The van der Waals surface area contributed by atoms with Crippen molar-refractivity contribution in [1.82, 2.24) is 5.32 Å². The number of benzene rings is 2. The zero-order chi connectivity index (χ0) is 21.1. The highest BCUT2D eigenvalue weighted by Crippen LogP contribution is 2.16. The third-order valence-corrected chi connectivity index (χ3v) is 3.89. The molecule has 0 unspecified atom stereocenters. The summed E-state index contributed by atoms with van der Waals surface area (Å²) in [6.45, 7) is 2.24. The number of esters is 1. The van der Waals surface area contributed by atoms with Gasteiger partial charge in [-0.25, -0.2) is 0 Å². The number of hydrogen-bond donors (Lipinski definition) is 3. The van der Waals surface area contributed by atoms with E-state index in [1.54, 1.807) is 48.5 Å². The van der Waals surface area contributed by atoms with E-state index >= 15 is 0 Å². The molecular formula is C21H23N3O4S. The summed E-state index contributed by atoms with van der Waals surface area (Å²) >= 11 is 5.12. The molecule has 8 heteroatoms. The van der Waals surface area contributed by atoms with E-state index in [0.29, 0.717) is 23.5 Å². The van der Waals surface area contributed by atoms with Gasteiger partial charge in [0.1, 0.15) is 0 Å². The molecule has 2 rings (SSSR count). The quantitative estimate of drug-likeness (QED) is 0.453. The molecular weight excluding hydrogens is 390 g/mol. The Labute approximate surface area is 174 Å². The molecule has 2 aromatic rings. The first-order chi connectivity index (χ1) is 14.0. The number of carbonyl (C=O) groups is 3. The first-order valence-electron chi connectivity index (χ1n) is 9.21. The molecule has 7 nitrogen and oxygen atoms in total. The lowest BCUT2D eigenvalue weighted by Gasteiger charge is -2.11. The minimum Gasteiger partial charge on any atom is -0.466 e. The van der Waals surface area contributed by atoms with Gasteiger partial charge in [-0.2, -0.15) is 0 Å². The Morgan fingerprint density at radius 1 is 0.931 bits per heavy atom. The van der Waals surface area contributed by atoms with Gasteiger partial charge in [0.25, 0.3) is 5.91 Å². The second-order valence-electron chi connectivity index (χ2n) is 6.12. The number of anilines is 2. The average Bonchev–Trinajstić information content (AvgIpc) is 2.71. The third kappa shape index (κ3) is 8.10. The summed E-state index contributed by atoms with van der Waals surface area (Å²) in [5.74, 6) is -1.03. The van der Waals surface area contributed by atoms with Crippen LogP contribution in [0.3, 0.4) is 0 Å². The SMILES string of the molecule is CCCOC(=O)CCC(=O)NC(=S)Nc1cccc(NC(=O)c2ccccc2)c1. The minimum absolute atomic E-state index is 0.00451. The Morgan fingerprint density at radius 3 is 2.31 bits per heavy atom. The fourth-order valence-electron chi connectivity index (χ4n) is 2.32. The van der Waals surface area contributed by atoms with Crippen molar-refractivity contribution in [3.63, 3.8) is 0 Å². The second kappa shape index (κ2) is 11.6. The number of thiocarbonyl (C=S) groups is 1. The van der Waals surface area contributed by atoms with E-state index in [1.807, 2.05) is 13.0 Å². The molecule has 0 atom stereocenters. The molecule has 0 saturated carbocycles. The zero-order valence-corrected chi connectivity index (χ0v) is 16.9. The van der Waals surface area contributed by atoms with Crippen molar-refractivity contribution in [3.05, 3.63) is 60.2 Å². The van der Waals surface area contributed by atoms with Crippen LogP contribution in [0.15, 0.2) is 54.6 Å². The van der Waals surface area contributed by atoms with Crippen LogP contribution < -0.4 is 16.0 Å². The van der Waals surface area contributed by atoms with Crippen molar-refractivity contribution < 1.29 is 19.1 Å². The third-order valence-electron chi connectivity index (χ3n) is 3.69. The molecule has 0 aliphatic rings. The van der Waals surface area contributed by atoms with Gasteiger partial charge in [0.15, 0.2) is 5.11 Å². The molecule has 3 N–H and O–H groups in total. The molecule has 0 fully saturated rings. The molecule has 0 saturated heterocycles. The normalized spacial score (nSPS) is 9.97. The summed E-state index contributed by atoms with van der Waals surface area (Å²) in [7, 11) is 0. The Kier molecular flexibility index (Phi) is 8.78. The van der Waals surface area contributed by atoms with Gasteiger partial charge in [0.2, 0.25) is 5.91 Å². The predicted molar refractivity (Wildman–Crippen MR) is 116 cm³/mol. The molecule has 0 aromatic heterocycles. The fraction of sp³-hybridized carbons (Fsp3) is 0.238. The molecule has 0 aliphatic carbocycles. The maximum absolute atomic E-state index is 12.2. The Hall–Kier alpha value is -3.26. The van der Waals surface area contributed by atoms with Gasteiger partial charge in [0.05, 0.1) is 13.0 Å². The van der Waals surface area contributed by atoms with Crippen molar-refractivity contribution in [1.29, 1.82) is 0 Å². The molecule has 0 aliphatic heterocycles. The zero-order valence-electron chi connectivity index (χ0n) is 16.1. The van der Waals surface area contributed by atoms with E-state index in [1.165, 1.54) is 0 Å². The molecule has 0 bridgehead atoms. The number of ether oxygens (including phenoxy) is 1. The molecule has 0 heterocycles. The number of carbonyl (C=O) groups excluding carboxylic acids is 3. The van der Waals surface area contributed by atoms with E-state index in [-0.39, 0.29) is 29.8 Å².